The Hall–Kier alpha value is -0.610. The normalized spacial score (nSPS) is 23.3. The highest BCUT2D eigenvalue weighted by molar-refractivity contribution is 5.82. The summed E-state index contributed by atoms with van der Waals surface area (Å²) in [6.07, 6.45) is 6.19. The number of amides is 1. The second-order valence-corrected chi connectivity index (χ2v) is 6.72. The van der Waals surface area contributed by atoms with E-state index in [-0.39, 0.29) is 11.3 Å². The van der Waals surface area contributed by atoms with Crippen molar-refractivity contribution in [1.82, 2.24) is 15.5 Å². The SMILES string of the molecule is CC(C)(CN1CCNCC1)C(=O)NC1CCCCC1. The van der Waals surface area contributed by atoms with E-state index in [1.165, 1.54) is 19.3 Å². The molecule has 2 aliphatic rings. The first kappa shape index (κ1) is 14.8. The fraction of sp³-hybridized carbons (Fsp3) is 0.933. The fourth-order valence-corrected chi connectivity index (χ4v) is 3.13. The van der Waals surface area contributed by atoms with Crippen LogP contribution in [0.4, 0.5) is 0 Å². The molecule has 2 rings (SSSR count). The van der Waals surface area contributed by atoms with E-state index < -0.39 is 0 Å². The summed E-state index contributed by atoms with van der Waals surface area (Å²) in [5, 5.41) is 6.62. The third-order valence-corrected chi connectivity index (χ3v) is 4.38. The van der Waals surface area contributed by atoms with Crippen molar-refractivity contribution in [3.63, 3.8) is 0 Å². The Labute approximate surface area is 117 Å². The van der Waals surface area contributed by atoms with E-state index in [1.54, 1.807) is 0 Å². The minimum atomic E-state index is -0.283. The lowest BCUT2D eigenvalue weighted by molar-refractivity contribution is -0.131. The van der Waals surface area contributed by atoms with Gasteiger partial charge in [-0.3, -0.25) is 9.69 Å². The maximum absolute atomic E-state index is 12.5. The highest BCUT2D eigenvalue weighted by Gasteiger charge is 2.32. The van der Waals surface area contributed by atoms with Gasteiger partial charge in [-0.15, -0.1) is 0 Å². The van der Waals surface area contributed by atoms with Crippen molar-refractivity contribution < 1.29 is 4.79 Å². The summed E-state index contributed by atoms with van der Waals surface area (Å²) in [6.45, 7) is 9.22. The molecule has 0 aromatic rings. The number of nitrogens with one attached hydrogen (secondary N) is 2. The molecule has 0 spiro atoms. The molecule has 0 bridgehead atoms. The van der Waals surface area contributed by atoms with Crippen LogP contribution in [0, 0.1) is 5.41 Å². The summed E-state index contributed by atoms with van der Waals surface area (Å²) >= 11 is 0. The Morgan fingerprint density at radius 1 is 1.21 bits per heavy atom. The number of hydrogen-bond donors (Lipinski definition) is 2. The van der Waals surface area contributed by atoms with Crippen molar-refractivity contribution in [2.24, 2.45) is 5.41 Å². The largest absolute Gasteiger partial charge is 0.353 e. The smallest absolute Gasteiger partial charge is 0.227 e. The number of carbonyl (C=O) groups excluding carboxylic acids is 1. The van der Waals surface area contributed by atoms with E-state index in [0.29, 0.717) is 6.04 Å². The van der Waals surface area contributed by atoms with Crippen LogP contribution < -0.4 is 10.6 Å². The molecule has 2 fully saturated rings. The van der Waals surface area contributed by atoms with Gasteiger partial charge >= 0.3 is 0 Å². The molecule has 0 radical (unpaired) electrons. The van der Waals surface area contributed by atoms with Crippen LogP contribution in [-0.2, 0) is 4.79 Å². The fourth-order valence-electron chi connectivity index (χ4n) is 3.13. The molecule has 4 nitrogen and oxygen atoms in total. The molecule has 0 unspecified atom stereocenters. The molecule has 110 valence electrons. The van der Waals surface area contributed by atoms with E-state index in [4.69, 9.17) is 0 Å². The van der Waals surface area contributed by atoms with Gasteiger partial charge in [-0.2, -0.15) is 0 Å². The second kappa shape index (κ2) is 6.71. The van der Waals surface area contributed by atoms with E-state index in [2.05, 4.69) is 29.4 Å². The molecule has 1 heterocycles. The molecule has 1 aliphatic heterocycles. The lowest BCUT2D eigenvalue weighted by Gasteiger charge is -2.35. The molecule has 2 N–H and O–H groups in total. The first-order valence-corrected chi connectivity index (χ1v) is 7.82. The van der Waals surface area contributed by atoms with Gasteiger partial charge in [0.1, 0.15) is 0 Å². The predicted octanol–water partition coefficient (Wildman–Crippen LogP) is 1.37. The Kier molecular flexibility index (Phi) is 5.22. The number of piperazine rings is 1. The highest BCUT2D eigenvalue weighted by Crippen LogP contribution is 2.22. The average molecular weight is 267 g/mol. The van der Waals surface area contributed by atoms with Gasteiger partial charge in [0, 0.05) is 38.8 Å². The van der Waals surface area contributed by atoms with E-state index in [0.717, 1.165) is 45.6 Å². The summed E-state index contributed by atoms with van der Waals surface area (Å²) in [6, 6.07) is 0.420. The molecule has 1 saturated heterocycles. The molecule has 0 aromatic heterocycles. The Bertz CT molecular complexity index is 292. The monoisotopic (exact) mass is 267 g/mol. The summed E-state index contributed by atoms with van der Waals surface area (Å²) in [5.41, 5.74) is -0.283. The van der Waals surface area contributed by atoms with Crippen molar-refractivity contribution >= 4 is 5.91 Å². The molecule has 1 amide bonds. The Morgan fingerprint density at radius 3 is 2.47 bits per heavy atom. The van der Waals surface area contributed by atoms with Gasteiger partial charge < -0.3 is 10.6 Å². The van der Waals surface area contributed by atoms with Crippen LogP contribution in [0.1, 0.15) is 46.0 Å². The van der Waals surface area contributed by atoms with Gasteiger partial charge in [0.25, 0.3) is 0 Å². The van der Waals surface area contributed by atoms with Crippen LogP contribution in [-0.4, -0.2) is 49.6 Å². The van der Waals surface area contributed by atoms with Crippen molar-refractivity contribution in [3.05, 3.63) is 0 Å². The zero-order chi connectivity index (χ0) is 13.7. The third-order valence-electron chi connectivity index (χ3n) is 4.38. The zero-order valence-corrected chi connectivity index (χ0v) is 12.5. The summed E-state index contributed by atoms with van der Waals surface area (Å²) in [4.78, 5) is 14.9. The number of carbonyl (C=O) groups is 1. The van der Waals surface area contributed by atoms with Crippen molar-refractivity contribution in [3.8, 4) is 0 Å². The molecule has 19 heavy (non-hydrogen) atoms. The zero-order valence-electron chi connectivity index (χ0n) is 12.5. The van der Waals surface area contributed by atoms with Gasteiger partial charge in [0.2, 0.25) is 5.91 Å². The minimum absolute atomic E-state index is 0.234. The molecular weight excluding hydrogens is 238 g/mol. The van der Waals surface area contributed by atoms with Crippen LogP contribution >= 0.6 is 0 Å². The Balaban J connectivity index is 1.81. The van der Waals surface area contributed by atoms with Gasteiger partial charge in [-0.05, 0) is 26.7 Å². The second-order valence-electron chi connectivity index (χ2n) is 6.72. The van der Waals surface area contributed by atoms with Crippen LogP contribution in [0.2, 0.25) is 0 Å². The summed E-state index contributed by atoms with van der Waals surface area (Å²) < 4.78 is 0. The lowest BCUT2D eigenvalue weighted by atomic mass is 9.89. The number of rotatable bonds is 4. The standard InChI is InChI=1S/C15H29N3O/c1-15(2,12-18-10-8-16-9-11-18)14(19)17-13-6-4-3-5-7-13/h13,16H,3-12H2,1-2H3,(H,17,19). The summed E-state index contributed by atoms with van der Waals surface area (Å²) in [5.74, 6) is 0.234. The minimum Gasteiger partial charge on any atom is -0.353 e. The first-order valence-electron chi connectivity index (χ1n) is 7.82. The molecule has 4 heteroatoms. The highest BCUT2D eigenvalue weighted by atomic mass is 16.2. The van der Waals surface area contributed by atoms with Crippen molar-refractivity contribution in [1.29, 1.82) is 0 Å². The van der Waals surface area contributed by atoms with Crippen LogP contribution in [0.15, 0.2) is 0 Å². The lowest BCUT2D eigenvalue weighted by Crippen LogP contribution is -2.52. The van der Waals surface area contributed by atoms with E-state index in [9.17, 15) is 4.79 Å². The van der Waals surface area contributed by atoms with Crippen molar-refractivity contribution in [2.45, 2.75) is 52.0 Å². The van der Waals surface area contributed by atoms with Crippen molar-refractivity contribution in [2.75, 3.05) is 32.7 Å². The first-order chi connectivity index (χ1) is 9.08. The Morgan fingerprint density at radius 2 is 1.84 bits per heavy atom. The topological polar surface area (TPSA) is 44.4 Å². The number of hydrogen-bond acceptors (Lipinski definition) is 3. The third kappa shape index (κ3) is 4.46. The van der Waals surface area contributed by atoms with Crippen LogP contribution in [0.25, 0.3) is 0 Å². The van der Waals surface area contributed by atoms with Gasteiger partial charge in [0.05, 0.1) is 5.41 Å². The van der Waals surface area contributed by atoms with Gasteiger partial charge in [-0.1, -0.05) is 19.3 Å². The van der Waals surface area contributed by atoms with E-state index >= 15 is 0 Å². The van der Waals surface area contributed by atoms with Gasteiger partial charge in [0.15, 0.2) is 0 Å². The van der Waals surface area contributed by atoms with Crippen LogP contribution in [0.3, 0.4) is 0 Å². The molecule has 1 saturated carbocycles. The number of nitrogens with zero attached hydrogens (tertiary/aromatic N) is 1. The predicted molar refractivity (Wildman–Crippen MR) is 78.1 cm³/mol. The molecule has 0 aromatic carbocycles. The molecule has 0 atom stereocenters. The molecular formula is C15H29N3O. The molecule has 1 aliphatic carbocycles. The average Bonchev–Trinajstić information content (AvgIpc) is 2.40. The summed E-state index contributed by atoms with van der Waals surface area (Å²) in [7, 11) is 0. The van der Waals surface area contributed by atoms with Crippen LogP contribution in [0.5, 0.6) is 0 Å². The maximum Gasteiger partial charge on any atom is 0.227 e. The van der Waals surface area contributed by atoms with E-state index in [1.807, 2.05) is 0 Å². The maximum atomic E-state index is 12.5. The quantitative estimate of drug-likeness (QED) is 0.808. The van der Waals surface area contributed by atoms with Gasteiger partial charge in [-0.25, -0.2) is 0 Å².